The second kappa shape index (κ2) is 5.09. The van der Waals surface area contributed by atoms with E-state index in [0.29, 0.717) is 6.04 Å². The van der Waals surface area contributed by atoms with Gasteiger partial charge in [0.25, 0.3) is 0 Å². The van der Waals surface area contributed by atoms with E-state index in [1.165, 1.54) is 23.1 Å². The largest absolute Gasteiger partial charge is 0.364 e. The van der Waals surface area contributed by atoms with Crippen molar-refractivity contribution in [3.05, 3.63) is 48.0 Å². The van der Waals surface area contributed by atoms with E-state index in [2.05, 4.69) is 39.0 Å². The van der Waals surface area contributed by atoms with Gasteiger partial charge < -0.3 is 4.90 Å². The van der Waals surface area contributed by atoms with Gasteiger partial charge in [-0.05, 0) is 37.5 Å². The SMILES string of the molecule is Cc1nn(C)c2nccc(N3CCCC3c3cccnc3)c12. The van der Waals surface area contributed by atoms with Gasteiger partial charge in [0.15, 0.2) is 5.65 Å². The van der Waals surface area contributed by atoms with Crippen molar-refractivity contribution >= 4 is 16.7 Å². The van der Waals surface area contributed by atoms with E-state index >= 15 is 0 Å². The molecule has 112 valence electrons. The van der Waals surface area contributed by atoms with Crippen LogP contribution in [-0.4, -0.2) is 26.3 Å². The third kappa shape index (κ3) is 1.96. The molecular formula is C17H19N5. The average Bonchev–Trinajstić information content (AvgIpc) is 3.14. The predicted molar refractivity (Wildman–Crippen MR) is 86.8 cm³/mol. The molecule has 0 amide bonds. The van der Waals surface area contributed by atoms with E-state index in [9.17, 15) is 0 Å². The Kier molecular flexibility index (Phi) is 3.06. The summed E-state index contributed by atoms with van der Waals surface area (Å²) in [5.74, 6) is 0. The fraction of sp³-hybridized carbons (Fsp3) is 0.353. The summed E-state index contributed by atoms with van der Waals surface area (Å²) < 4.78 is 1.86. The van der Waals surface area contributed by atoms with Crippen LogP contribution >= 0.6 is 0 Å². The van der Waals surface area contributed by atoms with Crippen LogP contribution in [0, 0.1) is 6.92 Å². The van der Waals surface area contributed by atoms with E-state index in [1.807, 2.05) is 36.4 Å². The summed E-state index contributed by atoms with van der Waals surface area (Å²) in [6.45, 7) is 3.12. The first-order valence-corrected chi connectivity index (χ1v) is 7.70. The number of anilines is 1. The van der Waals surface area contributed by atoms with E-state index in [-0.39, 0.29) is 0 Å². The molecule has 1 aliphatic rings. The van der Waals surface area contributed by atoms with Gasteiger partial charge in [-0.25, -0.2) is 4.98 Å². The van der Waals surface area contributed by atoms with E-state index in [4.69, 9.17) is 0 Å². The third-order valence-electron chi connectivity index (χ3n) is 4.51. The molecular weight excluding hydrogens is 274 g/mol. The third-order valence-corrected chi connectivity index (χ3v) is 4.51. The highest BCUT2D eigenvalue weighted by molar-refractivity contribution is 5.92. The monoisotopic (exact) mass is 293 g/mol. The van der Waals surface area contributed by atoms with Crippen LogP contribution in [0.5, 0.6) is 0 Å². The first-order chi connectivity index (χ1) is 10.8. The summed E-state index contributed by atoms with van der Waals surface area (Å²) in [7, 11) is 1.95. The van der Waals surface area contributed by atoms with Crippen molar-refractivity contribution in [2.45, 2.75) is 25.8 Å². The van der Waals surface area contributed by atoms with E-state index < -0.39 is 0 Å². The minimum absolute atomic E-state index is 0.388. The lowest BCUT2D eigenvalue weighted by Crippen LogP contribution is -2.23. The standard InChI is InChI=1S/C17H19N5/c1-12-16-15(7-9-19-17(16)21(2)20-12)22-10-4-6-14(22)13-5-3-8-18-11-13/h3,5,7-9,11,14H,4,6,10H2,1-2H3. The molecule has 0 aromatic carbocycles. The molecule has 0 saturated carbocycles. The zero-order chi connectivity index (χ0) is 15.1. The van der Waals surface area contributed by atoms with Crippen molar-refractivity contribution in [1.29, 1.82) is 0 Å². The first-order valence-electron chi connectivity index (χ1n) is 7.70. The Balaban J connectivity index is 1.84. The second-order valence-corrected chi connectivity index (χ2v) is 5.88. The van der Waals surface area contributed by atoms with Crippen LogP contribution in [0.3, 0.4) is 0 Å². The summed E-state index contributed by atoms with van der Waals surface area (Å²) in [6.07, 6.45) is 8.06. The van der Waals surface area contributed by atoms with Crippen LogP contribution < -0.4 is 4.90 Å². The number of fused-ring (bicyclic) bond motifs is 1. The van der Waals surface area contributed by atoms with Crippen molar-refractivity contribution < 1.29 is 0 Å². The maximum Gasteiger partial charge on any atom is 0.159 e. The molecule has 0 radical (unpaired) electrons. The molecule has 4 heterocycles. The lowest BCUT2D eigenvalue weighted by molar-refractivity contribution is 0.717. The lowest BCUT2D eigenvalue weighted by atomic mass is 10.1. The molecule has 0 N–H and O–H groups in total. The molecule has 1 atom stereocenters. The predicted octanol–water partition coefficient (Wildman–Crippen LogP) is 3.01. The molecule has 1 fully saturated rings. The number of rotatable bonds is 2. The summed E-state index contributed by atoms with van der Waals surface area (Å²) in [5, 5.41) is 5.70. The van der Waals surface area contributed by atoms with Crippen LogP contribution in [0.2, 0.25) is 0 Å². The summed E-state index contributed by atoms with van der Waals surface area (Å²) >= 11 is 0. The molecule has 1 unspecified atom stereocenters. The number of aromatic nitrogens is 4. The van der Waals surface area contributed by atoms with Gasteiger partial charge in [0, 0.05) is 32.2 Å². The fourth-order valence-corrected chi connectivity index (χ4v) is 3.57. The Bertz CT molecular complexity index is 809. The Morgan fingerprint density at radius 2 is 2.14 bits per heavy atom. The highest BCUT2D eigenvalue weighted by Crippen LogP contribution is 2.39. The first kappa shape index (κ1) is 13.2. The smallest absolute Gasteiger partial charge is 0.159 e. The van der Waals surface area contributed by atoms with Crippen LogP contribution in [0.15, 0.2) is 36.8 Å². The van der Waals surface area contributed by atoms with Crippen LogP contribution in [-0.2, 0) is 7.05 Å². The summed E-state index contributed by atoms with van der Waals surface area (Å²) in [5.41, 5.74) is 4.51. The van der Waals surface area contributed by atoms with Crippen molar-refractivity contribution in [3.8, 4) is 0 Å². The topological polar surface area (TPSA) is 46.8 Å². The molecule has 5 heteroatoms. The zero-order valence-electron chi connectivity index (χ0n) is 12.9. The summed E-state index contributed by atoms with van der Waals surface area (Å²) in [4.78, 5) is 11.3. The number of hydrogen-bond donors (Lipinski definition) is 0. The highest BCUT2D eigenvalue weighted by Gasteiger charge is 2.28. The fourth-order valence-electron chi connectivity index (χ4n) is 3.57. The van der Waals surface area contributed by atoms with Crippen molar-refractivity contribution in [2.75, 3.05) is 11.4 Å². The molecule has 1 aliphatic heterocycles. The van der Waals surface area contributed by atoms with Gasteiger partial charge in [-0.3, -0.25) is 9.67 Å². The number of hydrogen-bond acceptors (Lipinski definition) is 4. The molecule has 4 rings (SSSR count). The highest BCUT2D eigenvalue weighted by atomic mass is 15.3. The zero-order valence-corrected chi connectivity index (χ0v) is 12.9. The minimum atomic E-state index is 0.388. The van der Waals surface area contributed by atoms with Gasteiger partial charge in [-0.1, -0.05) is 6.07 Å². The molecule has 0 spiro atoms. The molecule has 5 nitrogen and oxygen atoms in total. The van der Waals surface area contributed by atoms with Gasteiger partial charge in [-0.15, -0.1) is 0 Å². The Hall–Kier alpha value is -2.43. The molecule has 0 aliphatic carbocycles. The van der Waals surface area contributed by atoms with Crippen LogP contribution in [0.1, 0.15) is 30.1 Å². The Morgan fingerprint density at radius 1 is 1.23 bits per heavy atom. The molecule has 0 bridgehead atoms. The summed E-state index contributed by atoms with van der Waals surface area (Å²) in [6, 6.07) is 6.69. The second-order valence-electron chi connectivity index (χ2n) is 5.88. The molecule has 3 aromatic heterocycles. The maximum atomic E-state index is 4.54. The van der Waals surface area contributed by atoms with Gasteiger partial charge in [-0.2, -0.15) is 5.10 Å². The number of nitrogens with zero attached hydrogens (tertiary/aromatic N) is 5. The van der Waals surface area contributed by atoms with Crippen molar-refractivity contribution in [3.63, 3.8) is 0 Å². The molecule has 1 saturated heterocycles. The molecule has 22 heavy (non-hydrogen) atoms. The quantitative estimate of drug-likeness (QED) is 0.728. The van der Waals surface area contributed by atoms with Gasteiger partial charge in [0.2, 0.25) is 0 Å². The number of pyridine rings is 2. The van der Waals surface area contributed by atoms with E-state index in [1.54, 1.807) is 0 Å². The van der Waals surface area contributed by atoms with Crippen LogP contribution in [0.25, 0.3) is 11.0 Å². The van der Waals surface area contributed by atoms with Gasteiger partial charge >= 0.3 is 0 Å². The number of aryl methyl sites for hydroxylation is 2. The molecule has 3 aromatic rings. The van der Waals surface area contributed by atoms with Crippen molar-refractivity contribution in [2.24, 2.45) is 7.05 Å². The average molecular weight is 293 g/mol. The Morgan fingerprint density at radius 3 is 2.95 bits per heavy atom. The van der Waals surface area contributed by atoms with Gasteiger partial charge in [0.1, 0.15) is 0 Å². The Labute approximate surface area is 129 Å². The maximum absolute atomic E-state index is 4.54. The van der Waals surface area contributed by atoms with E-state index in [0.717, 1.165) is 24.3 Å². The van der Waals surface area contributed by atoms with Gasteiger partial charge in [0.05, 0.1) is 22.8 Å². The normalized spacial score (nSPS) is 18.3. The van der Waals surface area contributed by atoms with Crippen LogP contribution in [0.4, 0.5) is 5.69 Å². The van der Waals surface area contributed by atoms with Crippen molar-refractivity contribution in [1.82, 2.24) is 19.7 Å². The lowest BCUT2D eigenvalue weighted by Gasteiger charge is -2.27. The minimum Gasteiger partial charge on any atom is -0.364 e.